The number of benzene rings is 1. The molecule has 0 aliphatic rings. The van der Waals surface area contributed by atoms with Crippen LogP contribution in [-0.4, -0.2) is 4.75 Å². The molecule has 1 rings (SSSR count). The van der Waals surface area contributed by atoms with Crippen LogP contribution in [0.15, 0.2) is 23.1 Å². The Morgan fingerprint density at radius 3 is 2.31 bits per heavy atom. The van der Waals surface area contributed by atoms with Gasteiger partial charge in [-0.05, 0) is 18.2 Å². The van der Waals surface area contributed by atoms with Gasteiger partial charge in [0.25, 0.3) is 0 Å². The second-order valence-corrected chi connectivity index (χ2v) is 5.66. The summed E-state index contributed by atoms with van der Waals surface area (Å²) in [6.45, 7) is 5.88. The third-order valence-electron chi connectivity index (χ3n) is 1.31. The lowest BCUT2D eigenvalue weighted by Crippen LogP contribution is -2.07. The number of halogens is 2. The molecule has 0 radical (unpaired) electrons. The van der Waals surface area contributed by atoms with Gasteiger partial charge in [0.1, 0.15) is 11.6 Å². The minimum absolute atomic E-state index is 0.103. The van der Waals surface area contributed by atoms with E-state index in [1.54, 1.807) is 0 Å². The first-order valence-corrected chi connectivity index (χ1v) is 4.84. The summed E-state index contributed by atoms with van der Waals surface area (Å²) in [5, 5.41) is 0. The zero-order valence-electron chi connectivity index (χ0n) is 7.90. The average molecular weight is 202 g/mol. The molecule has 0 nitrogen and oxygen atoms in total. The van der Waals surface area contributed by atoms with Gasteiger partial charge in [-0.15, -0.1) is 11.8 Å². The maximum Gasteiger partial charge on any atom is 0.136 e. The molecule has 13 heavy (non-hydrogen) atoms. The van der Waals surface area contributed by atoms with Crippen molar-refractivity contribution in [3.63, 3.8) is 0 Å². The van der Waals surface area contributed by atoms with E-state index >= 15 is 0 Å². The Kier molecular flexibility index (Phi) is 2.96. The molecule has 0 N–H and O–H groups in total. The number of hydrogen-bond donors (Lipinski definition) is 0. The smallest absolute Gasteiger partial charge is 0.136 e. The lowest BCUT2D eigenvalue weighted by atomic mass is 10.3. The Bertz CT molecular complexity index is 302. The van der Waals surface area contributed by atoms with E-state index in [4.69, 9.17) is 0 Å². The van der Waals surface area contributed by atoms with E-state index in [0.29, 0.717) is 4.90 Å². The van der Waals surface area contributed by atoms with Gasteiger partial charge in [0, 0.05) is 9.64 Å². The first-order valence-electron chi connectivity index (χ1n) is 4.02. The van der Waals surface area contributed by atoms with Crippen LogP contribution < -0.4 is 0 Å². The van der Waals surface area contributed by atoms with Crippen LogP contribution in [0.4, 0.5) is 8.78 Å². The molecule has 72 valence electrons. The van der Waals surface area contributed by atoms with Crippen molar-refractivity contribution >= 4 is 11.8 Å². The molecule has 0 atom stereocenters. The summed E-state index contributed by atoms with van der Waals surface area (Å²) in [4.78, 5) is 0.368. The zero-order chi connectivity index (χ0) is 10.1. The second-order valence-electron chi connectivity index (χ2n) is 3.79. The monoisotopic (exact) mass is 202 g/mol. The van der Waals surface area contributed by atoms with Crippen LogP contribution in [-0.2, 0) is 0 Å². The molecule has 0 fully saturated rings. The molecule has 1 aromatic rings. The van der Waals surface area contributed by atoms with E-state index in [1.807, 2.05) is 20.8 Å². The third kappa shape index (κ3) is 3.35. The summed E-state index contributed by atoms with van der Waals surface area (Å²) in [5.41, 5.74) is 0. The normalized spacial score (nSPS) is 11.8. The molecule has 1 aromatic carbocycles. The lowest BCUT2D eigenvalue weighted by Gasteiger charge is -2.17. The van der Waals surface area contributed by atoms with Crippen molar-refractivity contribution < 1.29 is 8.78 Å². The van der Waals surface area contributed by atoms with Crippen molar-refractivity contribution in [2.75, 3.05) is 0 Å². The molecule has 0 unspecified atom stereocenters. The first kappa shape index (κ1) is 10.5. The van der Waals surface area contributed by atoms with Crippen LogP contribution in [0.25, 0.3) is 0 Å². The molecule has 0 heterocycles. The minimum atomic E-state index is -0.395. The Morgan fingerprint density at radius 1 is 1.15 bits per heavy atom. The fourth-order valence-electron chi connectivity index (χ4n) is 0.885. The maximum atomic E-state index is 13.1. The summed E-state index contributed by atoms with van der Waals surface area (Å²) < 4.78 is 25.8. The quantitative estimate of drug-likeness (QED) is 0.623. The lowest BCUT2D eigenvalue weighted by molar-refractivity contribution is 0.576. The highest BCUT2D eigenvalue weighted by Crippen LogP contribution is 2.33. The third-order valence-corrected chi connectivity index (χ3v) is 2.45. The van der Waals surface area contributed by atoms with Gasteiger partial charge < -0.3 is 0 Å². The second kappa shape index (κ2) is 3.66. The van der Waals surface area contributed by atoms with E-state index < -0.39 is 5.82 Å². The molecule has 0 amide bonds. The molecule has 0 bridgehead atoms. The van der Waals surface area contributed by atoms with Crippen molar-refractivity contribution in [1.82, 2.24) is 0 Å². The molecule has 0 aliphatic carbocycles. The van der Waals surface area contributed by atoms with Gasteiger partial charge in [-0.1, -0.05) is 20.8 Å². The largest absolute Gasteiger partial charge is 0.207 e. The molecule has 3 heteroatoms. The molecular formula is C10H12F2S. The molecular weight excluding hydrogens is 190 g/mol. The first-order chi connectivity index (χ1) is 5.88. The molecule has 0 saturated heterocycles. The topological polar surface area (TPSA) is 0 Å². The van der Waals surface area contributed by atoms with Crippen molar-refractivity contribution in [3.8, 4) is 0 Å². The van der Waals surface area contributed by atoms with Gasteiger partial charge in [0.15, 0.2) is 0 Å². The highest BCUT2D eigenvalue weighted by atomic mass is 32.2. The fraction of sp³-hybridized carbons (Fsp3) is 0.400. The SMILES string of the molecule is CC(C)(C)Sc1cc(F)ccc1F. The van der Waals surface area contributed by atoms with E-state index in [9.17, 15) is 8.78 Å². The summed E-state index contributed by atoms with van der Waals surface area (Å²) in [6.07, 6.45) is 0. The summed E-state index contributed by atoms with van der Waals surface area (Å²) in [7, 11) is 0. The van der Waals surface area contributed by atoms with Gasteiger partial charge >= 0.3 is 0 Å². The average Bonchev–Trinajstić information content (AvgIpc) is 1.94. The molecule has 0 aromatic heterocycles. The van der Waals surface area contributed by atoms with E-state index in [2.05, 4.69) is 0 Å². The Morgan fingerprint density at radius 2 is 1.77 bits per heavy atom. The zero-order valence-corrected chi connectivity index (χ0v) is 8.71. The maximum absolute atomic E-state index is 13.1. The van der Waals surface area contributed by atoms with Crippen molar-refractivity contribution in [1.29, 1.82) is 0 Å². The van der Waals surface area contributed by atoms with Gasteiger partial charge in [-0.3, -0.25) is 0 Å². The van der Waals surface area contributed by atoms with Crippen molar-refractivity contribution in [2.45, 2.75) is 30.4 Å². The van der Waals surface area contributed by atoms with Crippen LogP contribution in [0.1, 0.15) is 20.8 Å². The van der Waals surface area contributed by atoms with Crippen LogP contribution in [0.5, 0.6) is 0 Å². The fourth-order valence-corrected chi connectivity index (χ4v) is 1.88. The van der Waals surface area contributed by atoms with Gasteiger partial charge in [-0.2, -0.15) is 0 Å². The van der Waals surface area contributed by atoms with Crippen LogP contribution in [0, 0.1) is 11.6 Å². The molecule has 0 spiro atoms. The van der Waals surface area contributed by atoms with Crippen molar-refractivity contribution in [3.05, 3.63) is 29.8 Å². The van der Waals surface area contributed by atoms with Gasteiger partial charge in [0.05, 0.1) is 0 Å². The number of thioether (sulfide) groups is 1. The van der Waals surface area contributed by atoms with E-state index in [1.165, 1.54) is 17.8 Å². The number of hydrogen-bond acceptors (Lipinski definition) is 1. The van der Waals surface area contributed by atoms with E-state index in [-0.39, 0.29) is 10.6 Å². The molecule has 0 aliphatic heterocycles. The van der Waals surface area contributed by atoms with Gasteiger partial charge in [0.2, 0.25) is 0 Å². The highest BCUT2D eigenvalue weighted by Gasteiger charge is 2.15. The number of rotatable bonds is 1. The van der Waals surface area contributed by atoms with Crippen LogP contribution >= 0.6 is 11.8 Å². The predicted octanol–water partition coefficient (Wildman–Crippen LogP) is 3.86. The molecule has 0 saturated carbocycles. The Balaban J connectivity index is 2.94. The van der Waals surface area contributed by atoms with Crippen molar-refractivity contribution in [2.24, 2.45) is 0 Å². The Labute approximate surface area is 81.3 Å². The van der Waals surface area contributed by atoms with Crippen LogP contribution in [0.2, 0.25) is 0 Å². The predicted molar refractivity (Wildman–Crippen MR) is 52.0 cm³/mol. The summed E-state index contributed by atoms with van der Waals surface area (Å²) >= 11 is 1.33. The minimum Gasteiger partial charge on any atom is -0.207 e. The van der Waals surface area contributed by atoms with Gasteiger partial charge in [-0.25, -0.2) is 8.78 Å². The summed E-state index contributed by atoms with van der Waals surface area (Å²) in [6, 6.07) is 3.51. The Hall–Kier alpha value is -0.570. The standard InChI is InChI=1S/C10H12F2S/c1-10(2,3)13-9-6-7(11)4-5-8(9)12/h4-6H,1-3H3. The van der Waals surface area contributed by atoms with E-state index in [0.717, 1.165) is 12.1 Å². The van der Waals surface area contributed by atoms with Crippen LogP contribution in [0.3, 0.4) is 0 Å². The summed E-state index contributed by atoms with van der Waals surface area (Å²) in [5.74, 6) is -0.755. The highest BCUT2D eigenvalue weighted by molar-refractivity contribution is 8.00.